The molecule has 0 saturated carbocycles. The Morgan fingerprint density at radius 1 is 1.20 bits per heavy atom. The molecule has 0 aliphatic carbocycles. The molecule has 2 aromatic carbocycles. The van der Waals surface area contributed by atoms with Gasteiger partial charge in [-0.05, 0) is 36.8 Å². The molecule has 8 heteroatoms. The van der Waals surface area contributed by atoms with E-state index in [9.17, 15) is 14.0 Å². The van der Waals surface area contributed by atoms with E-state index >= 15 is 0 Å². The monoisotopic (exact) mass is 411 g/mol. The van der Waals surface area contributed by atoms with Gasteiger partial charge >= 0.3 is 5.97 Å². The van der Waals surface area contributed by atoms with Crippen molar-refractivity contribution in [3.05, 3.63) is 59.9 Å². The molecular weight excluding hydrogens is 389 g/mol. The van der Waals surface area contributed by atoms with Gasteiger partial charge in [0.1, 0.15) is 5.82 Å². The van der Waals surface area contributed by atoms with E-state index in [1.165, 1.54) is 24.1 Å². The topological polar surface area (TPSA) is 73.7 Å². The van der Waals surface area contributed by atoms with Gasteiger partial charge in [0.2, 0.25) is 11.9 Å². The fourth-order valence-electron chi connectivity index (χ4n) is 3.93. The smallest absolute Gasteiger partial charge is 0.321 e. The number of nitrogens with zero attached hydrogens (tertiary/aromatic N) is 3. The summed E-state index contributed by atoms with van der Waals surface area (Å²) in [5.41, 5.74) is 1.91. The van der Waals surface area contributed by atoms with Crippen molar-refractivity contribution in [3.63, 3.8) is 0 Å². The number of hydrogen-bond donors (Lipinski definition) is 0. The van der Waals surface area contributed by atoms with E-state index in [4.69, 9.17) is 9.47 Å². The van der Waals surface area contributed by atoms with Gasteiger partial charge in [-0.2, -0.15) is 0 Å². The molecule has 3 aromatic rings. The lowest BCUT2D eigenvalue weighted by molar-refractivity contribution is -0.153. The van der Waals surface area contributed by atoms with Crippen LogP contribution in [-0.4, -0.2) is 48.3 Å². The van der Waals surface area contributed by atoms with Crippen molar-refractivity contribution in [3.8, 4) is 0 Å². The third kappa shape index (κ3) is 3.33. The molecule has 0 saturated heterocycles. The Morgan fingerprint density at radius 3 is 2.73 bits per heavy atom. The van der Waals surface area contributed by atoms with Gasteiger partial charge in [0.15, 0.2) is 5.92 Å². The van der Waals surface area contributed by atoms with Crippen LogP contribution < -0.4 is 4.90 Å². The molecule has 2 heterocycles. The molecule has 0 N–H and O–H groups in total. The lowest BCUT2D eigenvalue weighted by Crippen LogP contribution is -2.51. The summed E-state index contributed by atoms with van der Waals surface area (Å²) in [5.74, 6) is -2.32. The lowest BCUT2D eigenvalue weighted by atomic mass is 9.89. The maximum Gasteiger partial charge on any atom is 0.321 e. The summed E-state index contributed by atoms with van der Waals surface area (Å²) < 4.78 is 26.3. The number of hydrogen-bond acceptors (Lipinski definition) is 5. The van der Waals surface area contributed by atoms with E-state index in [0.717, 1.165) is 5.52 Å². The molecule has 156 valence electrons. The zero-order valence-electron chi connectivity index (χ0n) is 16.7. The normalized spacial score (nSPS) is 18.5. The molecule has 1 aromatic heterocycles. The molecule has 0 radical (unpaired) electrons. The summed E-state index contributed by atoms with van der Waals surface area (Å²) >= 11 is 0. The highest BCUT2D eigenvalue weighted by Gasteiger charge is 2.47. The maximum absolute atomic E-state index is 14.1. The minimum Gasteiger partial charge on any atom is -0.465 e. The van der Waals surface area contributed by atoms with Gasteiger partial charge in [0.05, 0.1) is 36.8 Å². The number of carbonyl (C=O) groups excluding carboxylic acids is 2. The molecular formula is C22H22FN3O4. The number of carbonyl (C=O) groups is 2. The van der Waals surface area contributed by atoms with Gasteiger partial charge in [-0.1, -0.05) is 24.3 Å². The van der Waals surface area contributed by atoms with Gasteiger partial charge in [-0.25, -0.2) is 9.37 Å². The van der Waals surface area contributed by atoms with Crippen LogP contribution in [0.3, 0.4) is 0 Å². The van der Waals surface area contributed by atoms with Crippen LogP contribution >= 0.6 is 0 Å². The maximum atomic E-state index is 14.1. The summed E-state index contributed by atoms with van der Waals surface area (Å²) in [4.78, 5) is 32.5. The number of rotatable bonds is 6. The first kappa shape index (κ1) is 20.0. The number of anilines is 1. The zero-order chi connectivity index (χ0) is 21.3. The van der Waals surface area contributed by atoms with E-state index in [1.54, 1.807) is 19.1 Å². The van der Waals surface area contributed by atoms with Crippen molar-refractivity contribution in [2.24, 2.45) is 5.92 Å². The number of esters is 1. The number of halogens is 1. The minimum absolute atomic E-state index is 0.133. The first-order chi connectivity index (χ1) is 14.6. The highest BCUT2D eigenvalue weighted by atomic mass is 19.1. The Bertz CT molecular complexity index is 1100. The van der Waals surface area contributed by atoms with Crippen LogP contribution in [0.15, 0.2) is 48.5 Å². The van der Waals surface area contributed by atoms with Crippen LogP contribution in [0.4, 0.5) is 10.3 Å². The Kier molecular flexibility index (Phi) is 5.50. The quantitative estimate of drug-likeness (QED) is 0.461. The SMILES string of the molecule is CCOC(=O)[C@@H]1C(=O)N(CCOC)c2nc3ccccc3n2[C@@H]1c1cccc(F)c1. The summed E-state index contributed by atoms with van der Waals surface area (Å²) in [6.07, 6.45) is 0. The molecule has 0 bridgehead atoms. The van der Waals surface area contributed by atoms with Crippen LogP contribution in [0.1, 0.15) is 18.5 Å². The van der Waals surface area contributed by atoms with Crippen LogP contribution in [0.5, 0.6) is 0 Å². The lowest BCUT2D eigenvalue weighted by Gasteiger charge is -2.37. The first-order valence-electron chi connectivity index (χ1n) is 9.76. The van der Waals surface area contributed by atoms with Gasteiger partial charge < -0.3 is 14.0 Å². The molecule has 0 fully saturated rings. The van der Waals surface area contributed by atoms with Gasteiger partial charge in [-0.15, -0.1) is 0 Å². The third-order valence-corrected chi connectivity index (χ3v) is 5.19. The highest BCUT2D eigenvalue weighted by molar-refractivity contribution is 6.08. The fourth-order valence-corrected chi connectivity index (χ4v) is 3.93. The number of amides is 1. The predicted molar refractivity (Wildman–Crippen MR) is 109 cm³/mol. The van der Waals surface area contributed by atoms with Crippen LogP contribution in [0, 0.1) is 11.7 Å². The number of benzene rings is 2. The highest BCUT2D eigenvalue weighted by Crippen LogP contribution is 2.41. The van der Waals surface area contributed by atoms with Gasteiger partial charge in [0, 0.05) is 7.11 Å². The summed E-state index contributed by atoms with van der Waals surface area (Å²) in [7, 11) is 1.54. The molecule has 4 rings (SSSR count). The number of ether oxygens (including phenoxy) is 2. The minimum atomic E-state index is -1.17. The number of para-hydroxylation sites is 2. The predicted octanol–water partition coefficient (Wildman–Crippen LogP) is 2.94. The second kappa shape index (κ2) is 8.23. The van der Waals surface area contributed by atoms with Crippen molar-refractivity contribution >= 4 is 28.9 Å². The summed E-state index contributed by atoms with van der Waals surface area (Å²) in [5, 5.41) is 0. The molecule has 7 nitrogen and oxygen atoms in total. The van der Waals surface area contributed by atoms with E-state index < -0.39 is 29.7 Å². The van der Waals surface area contributed by atoms with E-state index in [1.807, 2.05) is 28.8 Å². The third-order valence-electron chi connectivity index (χ3n) is 5.19. The number of aromatic nitrogens is 2. The van der Waals surface area contributed by atoms with Crippen LogP contribution in [-0.2, 0) is 19.1 Å². The Hall–Kier alpha value is -3.26. The average Bonchev–Trinajstić information content (AvgIpc) is 3.11. The van der Waals surface area contributed by atoms with Crippen molar-refractivity contribution in [1.82, 2.24) is 9.55 Å². The molecule has 1 aliphatic rings. The Labute approximate surface area is 173 Å². The van der Waals surface area contributed by atoms with E-state index in [2.05, 4.69) is 4.98 Å². The average molecular weight is 411 g/mol. The van der Waals surface area contributed by atoms with Gasteiger partial charge in [0.25, 0.3) is 0 Å². The standard InChI is InChI=1S/C22H22FN3O4/c1-3-30-21(28)18-19(14-7-6-8-15(23)13-14)26-17-10-5-4-9-16(17)24-22(26)25(20(18)27)11-12-29-2/h4-10,13,18-19H,3,11-12H2,1-2H3/t18-,19+/m0/s1. The van der Waals surface area contributed by atoms with E-state index in [0.29, 0.717) is 17.0 Å². The number of imidazole rings is 1. The van der Waals surface area contributed by atoms with Crippen LogP contribution in [0.2, 0.25) is 0 Å². The second-order valence-electron chi connectivity index (χ2n) is 6.98. The van der Waals surface area contributed by atoms with Gasteiger partial charge in [-0.3, -0.25) is 14.5 Å². The van der Waals surface area contributed by atoms with Crippen molar-refractivity contribution < 1.29 is 23.5 Å². The van der Waals surface area contributed by atoms with E-state index in [-0.39, 0.29) is 19.8 Å². The first-order valence-corrected chi connectivity index (χ1v) is 9.76. The Morgan fingerprint density at radius 2 is 2.00 bits per heavy atom. The summed E-state index contributed by atoms with van der Waals surface area (Å²) in [6.45, 7) is 2.32. The molecule has 2 atom stereocenters. The van der Waals surface area contributed by atoms with Crippen molar-refractivity contribution in [2.45, 2.75) is 13.0 Å². The summed E-state index contributed by atoms with van der Waals surface area (Å²) in [6, 6.07) is 12.6. The number of fused-ring (bicyclic) bond motifs is 3. The zero-order valence-corrected chi connectivity index (χ0v) is 16.7. The van der Waals surface area contributed by atoms with Crippen molar-refractivity contribution in [1.29, 1.82) is 0 Å². The molecule has 1 amide bonds. The molecule has 0 spiro atoms. The molecule has 0 unspecified atom stereocenters. The fraction of sp³-hybridized carbons (Fsp3) is 0.318. The molecule has 30 heavy (non-hydrogen) atoms. The number of methoxy groups -OCH3 is 1. The van der Waals surface area contributed by atoms with Crippen LogP contribution in [0.25, 0.3) is 11.0 Å². The largest absolute Gasteiger partial charge is 0.465 e. The second-order valence-corrected chi connectivity index (χ2v) is 6.98. The van der Waals surface area contributed by atoms with Crippen molar-refractivity contribution in [2.75, 3.05) is 31.8 Å². The Balaban J connectivity index is 1.98. The molecule has 1 aliphatic heterocycles.